The van der Waals surface area contributed by atoms with Crippen LogP contribution in [0.5, 0.6) is 5.75 Å². The van der Waals surface area contributed by atoms with Gasteiger partial charge in [0.1, 0.15) is 29.8 Å². The van der Waals surface area contributed by atoms with Crippen LogP contribution in [0.1, 0.15) is 27.4 Å². The maximum atomic E-state index is 13.2. The number of anilines is 1. The van der Waals surface area contributed by atoms with Crippen LogP contribution in [0.3, 0.4) is 0 Å². The van der Waals surface area contributed by atoms with E-state index in [1.54, 1.807) is 31.2 Å². The maximum Gasteiger partial charge on any atom is 0.255 e. The molecule has 0 radical (unpaired) electrons. The molecule has 3 aromatic rings. The minimum Gasteiger partial charge on any atom is -0.489 e. The van der Waals surface area contributed by atoms with E-state index >= 15 is 0 Å². The number of benzene rings is 2. The highest BCUT2D eigenvalue weighted by atomic mass is 19.1. The van der Waals surface area contributed by atoms with Crippen molar-refractivity contribution in [2.24, 2.45) is 0 Å². The first kappa shape index (κ1) is 17.6. The molecule has 1 aromatic heterocycles. The SMILES string of the molecule is Cc1noc(C)c1COc1cccc(C(=O)Nc2cc(F)cc(F)c2)c1. The molecule has 0 aliphatic heterocycles. The molecule has 0 saturated carbocycles. The third-order valence-corrected chi connectivity index (χ3v) is 3.78. The summed E-state index contributed by atoms with van der Waals surface area (Å²) in [5, 5.41) is 6.31. The molecular formula is C19H16F2N2O3. The zero-order chi connectivity index (χ0) is 18.7. The van der Waals surface area contributed by atoms with Crippen molar-refractivity contribution < 1.29 is 22.8 Å². The summed E-state index contributed by atoms with van der Waals surface area (Å²) in [5.41, 5.74) is 1.92. The van der Waals surface area contributed by atoms with Crippen molar-refractivity contribution in [3.05, 3.63) is 76.7 Å². The minimum atomic E-state index is -0.767. The molecule has 0 saturated heterocycles. The highest BCUT2D eigenvalue weighted by Gasteiger charge is 2.12. The second-order valence-electron chi connectivity index (χ2n) is 5.73. The van der Waals surface area contributed by atoms with Gasteiger partial charge in [0, 0.05) is 17.3 Å². The summed E-state index contributed by atoms with van der Waals surface area (Å²) in [6.07, 6.45) is 0. The number of halogens is 2. The number of carbonyl (C=O) groups excluding carboxylic acids is 1. The Balaban J connectivity index is 1.71. The molecule has 0 fully saturated rings. The smallest absolute Gasteiger partial charge is 0.255 e. The first-order valence-corrected chi connectivity index (χ1v) is 7.84. The van der Waals surface area contributed by atoms with Crippen LogP contribution < -0.4 is 10.1 Å². The maximum absolute atomic E-state index is 13.2. The summed E-state index contributed by atoms with van der Waals surface area (Å²) in [4.78, 5) is 12.3. The quantitative estimate of drug-likeness (QED) is 0.734. The second-order valence-corrected chi connectivity index (χ2v) is 5.73. The molecule has 26 heavy (non-hydrogen) atoms. The van der Waals surface area contributed by atoms with Crippen LogP contribution in [-0.2, 0) is 6.61 Å². The number of hydrogen-bond acceptors (Lipinski definition) is 4. The lowest BCUT2D eigenvalue weighted by atomic mass is 10.2. The van der Waals surface area contributed by atoms with Crippen LogP contribution in [0.25, 0.3) is 0 Å². The molecule has 0 bridgehead atoms. The van der Waals surface area contributed by atoms with Gasteiger partial charge in [0.15, 0.2) is 0 Å². The van der Waals surface area contributed by atoms with Gasteiger partial charge in [-0.25, -0.2) is 8.78 Å². The predicted molar refractivity (Wildman–Crippen MR) is 91.1 cm³/mol. The molecule has 2 aromatic carbocycles. The largest absolute Gasteiger partial charge is 0.489 e. The van der Waals surface area contributed by atoms with E-state index < -0.39 is 17.5 Å². The van der Waals surface area contributed by atoms with Gasteiger partial charge in [-0.3, -0.25) is 4.79 Å². The zero-order valence-electron chi connectivity index (χ0n) is 14.2. The number of ether oxygens (including phenoxy) is 1. The third-order valence-electron chi connectivity index (χ3n) is 3.78. The van der Waals surface area contributed by atoms with E-state index in [2.05, 4.69) is 10.5 Å². The first-order valence-electron chi connectivity index (χ1n) is 7.84. The molecule has 0 aliphatic carbocycles. The molecule has 0 aliphatic rings. The van der Waals surface area contributed by atoms with Gasteiger partial charge in [-0.05, 0) is 44.2 Å². The van der Waals surface area contributed by atoms with E-state index in [9.17, 15) is 13.6 Å². The molecule has 7 heteroatoms. The van der Waals surface area contributed by atoms with E-state index in [1.807, 2.05) is 6.92 Å². The van der Waals surface area contributed by atoms with Gasteiger partial charge in [0.05, 0.1) is 11.3 Å². The molecule has 0 atom stereocenters. The fraction of sp³-hybridized carbons (Fsp3) is 0.158. The van der Waals surface area contributed by atoms with Crippen LogP contribution in [-0.4, -0.2) is 11.1 Å². The van der Waals surface area contributed by atoms with Crippen molar-refractivity contribution >= 4 is 11.6 Å². The number of nitrogens with zero attached hydrogens (tertiary/aromatic N) is 1. The molecule has 5 nitrogen and oxygen atoms in total. The highest BCUT2D eigenvalue weighted by Crippen LogP contribution is 2.20. The average Bonchev–Trinajstić information content (AvgIpc) is 2.90. The van der Waals surface area contributed by atoms with Gasteiger partial charge in [-0.2, -0.15) is 0 Å². The van der Waals surface area contributed by atoms with E-state index in [0.717, 1.165) is 29.5 Å². The van der Waals surface area contributed by atoms with E-state index in [-0.39, 0.29) is 12.3 Å². The van der Waals surface area contributed by atoms with Crippen LogP contribution in [0, 0.1) is 25.5 Å². The summed E-state index contributed by atoms with van der Waals surface area (Å²) >= 11 is 0. The second kappa shape index (κ2) is 7.35. The number of carbonyl (C=O) groups is 1. The lowest BCUT2D eigenvalue weighted by Gasteiger charge is -2.09. The Labute approximate surface area is 148 Å². The van der Waals surface area contributed by atoms with Crippen molar-refractivity contribution in [2.45, 2.75) is 20.5 Å². The lowest BCUT2D eigenvalue weighted by molar-refractivity contribution is 0.102. The number of aryl methyl sites for hydroxylation is 2. The minimum absolute atomic E-state index is 0.0366. The topological polar surface area (TPSA) is 64.4 Å². The Morgan fingerprint density at radius 2 is 1.88 bits per heavy atom. The van der Waals surface area contributed by atoms with Crippen molar-refractivity contribution in [1.29, 1.82) is 0 Å². The Bertz CT molecular complexity index is 914. The van der Waals surface area contributed by atoms with Gasteiger partial charge in [0.25, 0.3) is 5.91 Å². The number of amides is 1. The molecule has 0 unspecified atom stereocenters. The van der Waals surface area contributed by atoms with Gasteiger partial charge in [-0.15, -0.1) is 0 Å². The number of rotatable bonds is 5. The molecule has 0 spiro atoms. The zero-order valence-corrected chi connectivity index (χ0v) is 14.2. The Morgan fingerprint density at radius 3 is 2.54 bits per heavy atom. The third kappa shape index (κ3) is 4.05. The predicted octanol–water partition coefficient (Wildman–Crippen LogP) is 4.40. The molecule has 3 rings (SSSR count). The molecule has 1 heterocycles. The molecule has 1 N–H and O–H groups in total. The van der Waals surface area contributed by atoms with Crippen molar-refractivity contribution in [3.63, 3.8) is 0 Å². The Hall–Kier alpha value is -3.22. The highest BCUT2D eigenvalue weighted by molar-refractivity contribution is 6.04. The Kier molecular flexibility index (Phi) is 4.97. The number of hydrogen-bond donors (Lipinski definition) is 1. The number of nitrogens with one attached hydrogen (secondary N) is 1. The Morgan fingerprint density at radius 1 is 1.15 bits per heavy atom. The first-order chi connectivity index (χ1) is 12.4. The molecule has 1 amide bonds. The van der Waals surface area contributed by atoms with Crippen molar-refractivity contribution in [2.75, 3.05) is 5.32 Å². The van der Waals surface area contributed by atoms with E-state index in [1.165, 1.54) is 0 Å². The van der Waals surface area contributed by atoms with Crippen LogP contribution in [0.4, 0.5) is 14.5 Å². The number of aromatic nitrogens is 1. The average molecular weight is 358 g/mol. The fourth-order valence-electron chi connectivity index (χ4n) is 2.42. The molecular weight excluding hydrogens is 342 g/mol. The summed E-state index contributed by atoms with van der Waals surface area (Å²) in [7, 11) is 0. The monoisotopic (exact) mass is 358 g/mol. The van der Waals surface area contributed by atoms with Crippen LogP contribution in [0.2, 0.25) is 0 Å². The van der Waals surface area contributed by atoms with Gasteiger partial charge in [-0.1, -0.05) is 11.2 Å². The standard InChI is InChI=1S/C19H16F2N2O3/c1-11-18(12(2)26-23-11)10-25-17-5-3-4-13(6-17)19(24)22-16-8-14(20)7-15(21)9-16/h3-9H,10H2,1-2H3,(H,22,24). The summed E-state index contributed by atoms with van der Waals surface area (Å²) in [5.74, 6) is -0.890. The van der Waals surface area contributed by atoms with Crippen LogP contribution >= 0.6 is 0 Å². The van der Waals surface area contributed by atoms with E-state index in [4.69, 9.17) is 9.26 Å². The van der Waals surface area contributed by atoms with Gasteiger partial charge in [0.2, 0.25) is 0 Å². The van der Waals surface area contributed by atoms with Crippen molar-refractivity contribution in [3.8, 4) is 5.75 Å². The van der Waals surface area contributed by atoms with Crippen LogP contribution in [0.15, 0.2) is 47.0 Å². The van der Waals surface area contributed by atoms with Gasteiger partial charge >= 0.3 is 0 Å². The lowest BCUT2D eigenvalue weighted by Crippen LogP contribution is -2.12. The summed E-state index contributed by atoms with van der Waals surface area (Å²) in [6, 6.07) is 9.30. The molecule has 134 valence electrons. The van der Waals surface area contributed by atoms with Gasteiger partial charge < -0.3 is 14.6 Å². The fourth-order valence-corrected chi connectivity index (χ4v) is 2.42. The normalized spacial score (nSPS) is 10.6. The summed E-state index contributed by atoms with van der Waals surface area (Å²) < 4.78 is 37.2. The van der Waals surface area contributed by atoms with E-state index in [0.29, 0.717) is 17.1 Å². The summed E-state index contributed by atoms with van der Waals surface area (Å²) in [6.45, 7) is 3.86. The van der Waals surface area contributed by atoms with Crippen molar-refractivity contribution in [1.82, 2.24) is 5.16 Å².